The molecular weight excluding hydrogens is 757 g/mol. The standard InChI is InChI=1S/C51H30N8S/c1-4-16-41-37(13-1)52-49-53-40-22-19-34(27-46(40)57(41)49)32-11-7-9-30(25-32)31-10-8-12-33(26-31)35-20-23-44-47(28-35)58-42-17-5-2-14-38(42)54-50(58)56(44)36-21-24-45-48(29-36)60-51-55-39-15-3-6-18-43(39)59(45)51/h1-29H,(H,52,53). The molecule has 0 aliphatic heterocycles. The Labute approximate surface area is 344 Å². The zero-order chi connectivity index (χ0) is 39.1. The number of nitrogens with zero attached hydrogens (tertiary/aromatic N) is 7. The van der Waals surface area contributed by atoms with Gasteiger partial charge in [0.1, 0.15) is 0 Å². The molecule has 14 aromatic rings. The second-order valence-corrected chi connectivity index (χ2v) is 16.5. The SMILES string of the molecule is c1cc(-c2cccc(-c3ccc4c(c3)n3c5ccccc5nc3n4-c3ccc4c(c3)sc3nc5ccccc5n34)c2)cc(-c2ccc3[nH]c4nc5ccccc5n4c3c2)c1. The summed E-state index contributed by atoms with van der Waals surface area (Å²) in [6.45, 7) is 0. The Bertz CT molecular complexity index is 4090. The van der Waals surface area contributed by atoms with Crippen LogP contribution in [0.5, 0.6) is 0 Å². The topological polar surface area (TPSA) is 72.6 Å². The highest BCUT2D eigenvalue weighted by molar-refractivity contribution is 7.23. The molecule has 8 nitrogen and oxygen atoms in total. The Morgan fingerprint density at radius 3 is 1.67 bits per heavy atom. The summed E-state index contributed by atoms with van der Waals surface area (Å²) in [6, 6.07) is 62.9. The first-order chi connectivity index (χ1) is 29.7. The second kappa shape index (κ2) is 11.8. The average molecular weight is 787 g/mol. The molecule has 1 N–H and O–H groups in total. The molecule has 0 aliphatic carbocycles. The van der Waals surface area contributed by atoms with Gasteiger partial charge in [-0.25, -0.2) is 15.0 Å². The number of para-hydroxylation sites is 6. The lowest BCUT2D eigenvalue weighted by Crippen LogP contribution is -1.95. The maximum Gasteiger partial charge on any atom is 0.220 e. The Kier molecular flexibility index (Phi) is 6.29. The number of benzene rings is 8. The summed E-state index contributed by atoms with van der Waals surface area (Å²) < 4.78 is 10.3. The van der Waals surface area contributed by atoms with E-state index in [1.165, 1.54) is 21.4 Å². The Hall–Kier alpha value is -8.01. The van der Waals surface area contributed by atoms with Crippen LogP contribution in [0.25, 0.3) is 121 Å². The molecule has 0 fully saturated rings. The van der Waals surface area contributed by atoms with Gasteiger partial charge < -0.3 is 4.98 Å². The number of aromatic nitrogens is 8. The van der Waals surface area contributed by atoms with Crippen LogP contribution in [0.3, 0.4) is 0 Å². The van der Waals surface area contributed by atoms with Gasteiger partial charge in [-0.2, -0.15) is 0 Å². The van der Waals surface area contributed by atoms with Gasteiger partial charge in [-0.15, -0.1) is 0 Å². The van der Waals surface area contributed by atoms with E-state index in [0.29, 0.717) is 0 Å². The predicted molar refractivity (Wildman–Crippen MR) is 246 cm³/mol. The van der Waals surface area contributed by atoms with Crippen molar-refractivity contribution in [1.82, 2.24) is 37.7 Å². The van der Waals surface area contributed by atoms with Crippen molar-refractivity contribution in [2.24, 2.45) is 0 Å². The van der Waals surface area contributed by atoms with Crippen molar-refractivity contribution in [3.63, 3.8) is 0 Å². The van der Waals surface area contributed by atoms with E-state index in [1.54, 1.807) is 11.3 Å². The van der Waals surface area contributed by atoms with Crippen molar-refractivity contribution in [2.45, 2.75) is 0 Å². The Morgan fingerprint density at radius 2 is 0.950 bits per heavy atom. The summed E-state index contributed by atoms with van der Waals surface area (Å²) in [5.41, 5.74) is 19.9. The molecule has 0 amide bonds. The molecule has 0 unspecified atom stereocenters. The van der Waals surface area contributed by atoms with Gasteiger partial charge in [0.05, 0.1) is 71.1 Å². The third kappa shape index (κ3) is 4.46. The molecule has 0 atom stereocenters. The van der Waals surface area contributed by atoms with E-state index in [-0.39, 0.29) is 0 Å². The molecule has 280 valence electrons. The number of thiazole rings is 1. The lowest BCUT2D eigenvalue weighted by atomic mass is 9.96. The van der Waals surface area contributed by atoms with E-state index in [9.17, 15) is 0 Å². The molecule has 14 rings (SSSR count). The minimum Gasteiger partial charge on any atom is -0.323 e. The van der Waals surface area contributed by atoms with Crippen LogP contribution in [-0.4, -0.2) is 37.7 Å². The van der Waals surface area contributed by atoms with Crippen LogP contribution < -0.4 is 0 Å². The van der Waals surface area contributed by atoms with Gasteiger partial charge in [0.15, 0.2) is 4.96 Å². The van der Waals surface area contributed by atoms with Gasteiger partial charge in [-0.3, -0.25) is 17.8 Å². The summed E-state index contributed by atoms with van der Waals surface area (Å²) in [5.74, 6) is 1.75. The zero-order valence-electron chi connectivity index (χ0n) is 31.8. The number of H-pyrrole nitrogens is 1. The van der Waals surface area contributed by atoms with E-state index in [1.807, 2.05) is 12.1 Å². The van der Waals surface area contributed by atoms with Crippen LogP contribution in [0.4, 0.5) is 0 Å². The van der Waals surface area contributed by atoms with Crippen LogP contribution in [0, 0.1) is 0 Å². The molecule has 6 aromatic heterocycles. The molecule has 8 aromatic carbocycles. The highest BCUT2D eigenvalue weighted by Gasteiger charge is 2.20. The van der Waals surface area contributed by atoms with Crippen molar-refractivity contribution in [3.8, 4) is 39.1 Å². The highest BCUT2D eigenvalue weighted by Crippen LogP contribution is 2.37. The minimum absolute atomic E-state index is 0.857. The highest BCUT2D eigenvalue weighted by atomic mass is 32.1. The largest absolute Gasteiger partial charge is 0.323 e. The Balaban J connectivity index is 0.880. The molecule has 0 saturated heterocycles. The number of rotatable bonds is 4. The summed E-state index contributed by atoms with van der Waals surface area (Å²) in [7, 11) is 0. The van der Waals surface area contributed by atoms with E-state index < -0.39 is 0 Å². The van der Waals surface area contributed by atoms with Crippen molar-refractivity contribution in [2.75, 3.05) is 0 Å². The minimum atomic E-state index is 0.857. The molecule has 0 saturated carbocycles. The van der Waals surface area contributed by atoms with Crippen molar-refractivity contribution >= 4 is 93.2 Å². The maximum absolute atomic E-state index is 5.22. The smallest absolute Gasteiger partial charge is 0.220 e. The summed E-state index contributed by atoms with van der Waals surface area (Å²) in [4.78, 5) is 19.5. The predicted octanol–water partition coefficient (Wildman–Crippen LogP) is 12.7. The summed E-state index contributed by atoms with van der Waals surface area (Å²) in [6.07, 6.45) is 0. The number of hydrogen-bond acceptors (Lipinski definition) is 4. The van der Waals surface area contributed by atoms with Crippen molar-refractivity contribution in [3.05, 3.63) is 176 Å². The first-order valence-electron chi connectivity index (χ1n) is 20.0. The molecule has 6 heterocycles. The average Bonchev–Trinajstić information content (AvgIpc) is 4.13. The maximum atomic E-state index is 5.22. The lowest BCUT2D eigenvalue weighted by Gasteiger charge is -2.10. The molecular formula is C51H30N8S. The number of hydrogen-bond donors (Lipinski definition) is 1. The zero-order valence-corrected chi connectivity index (χ0v) is 32.6. The third-order valence-corrected chi connectivity index (χ3v) is 13.1. The van der Waals surface area contributed by atoms with E-state index in [2.05, 4.69) is 187 Å². The lowest BCUT2D eigenvalue weighted by molar-refractivity contribution is 1.11. The van der Waals surface area contributed by atoms with Gasteiger partial charge in [0.2, 0.25) is 11.6 Å². The third-order valence-electron chi connectivity index (χ3n) is 12.1. The van der Waals surface area contributed by atoms with Crippen LogP contribution in [0.1, 0.15) is 0 Å². The number of fused-ring (bicyclic) bond motifs is 15. The van der Waals surface area contributed by atoms with Gasteiger partial charge in [0.25, 0.3) is 0 Å². The molecule has 0 aliphatic rings. The molecule has 0 spiro atoms. The second-order valence-electron chi connectivity index (χ2n) is 15.5. The molecule has 0 bridgehead atoms. The molecule has 9 heteroatoms. The normalized spacial score (nSPS) is 12.3. The fourth-order valence-corrected chi connectivity index (χ4v) is 10.5. The van der Waals surface area contributed by atoms with Crippen LogP contribution >= 0.6 is 11.3 Å². The first kappa shape index (κ1) is 32.0. The monoisotopic (exact) mass is 786 g/mol. The summed E-state index contributed by atoms with van der Waals surface area (Å²) >= 11 is 1.72. The van der Waals surface area contributed by atoms with Crippen molar-refractivity contribution in [1.29, 1.82) is 0 Å². The van der Waals surface area contributed by atoms with Crippen LogP contribution in [0.2, 0.25) is 0 Å². The number of nitrogens with one attached hydrogen (secondary N) is 1. The number of aromatic amines is 1. The first-order valence-corrected chi connectivity index (χ1v) is 20.8. The quantitative estimate of drug-likeness (QED) is 0.193. The Morgan fingerprint density at radius 1 is 0.383 bits per heavy atom. The summed E-state index contributed by atoms with van der Waals surface area (Å²) in [5, 5.41) is 0. The van der Waals surface area contributed by atoms with E-state index in [4.69, 9.17) is 15.0 Å². The van der Waals surface area contributed by atoms with Crippen molar-refractivity contribution < 1.29 is 0 Å². The van der Waals surface area contributed by atoms with Crippen LogP contribution in [-0.2, 0) is 0 Å². The van der Waals surface area contributed by atoms with E-state index >= 15 is 0 Å². The van der Waals surface area contributed by atoms with E-state index in [0.717, 1.165) is 99.6 Å². The number of imidazole rings is 5. The van der Waals surface area contributed by atoms with Gasteiger partial charge in [-0.05, 0) is 124 Å². The van der Waals surface area contributed by atoms with Gasteiger partial charge in [0, 0.05) is 0 Å². The molecule has 60 heavy (non-hydrogen) atoms. The fraction of sp³-hybridized carbons (Fsp3) is 0. The molecule has 0 radical (unpaired) electrons. The van der Waals surface area contributed by atoms with Gasteiger partial charge >= 0.3 is 0 Å². The van der Waals surface area contributed by atoms with Crippen LogP contribution in [0.15, 0.2) is 176 Å². The van der Waals surface area contributed by atoms with Gasteiger partial charge in [-0.1, -0.05) is 96.3 Å². The fourth-order valence-electron chi connectivity index (χ4n) is 9.38.